The van der Waals surface area contributed by atoms with E-state index in [-0.39, 0.29) is 12.0 Å². The Labute approximate surface area is 177 Å². The molecule has 0 saturated heterocycles. The van der Waals surface area contributed by atoms with E-state index < -0.39 is 23.5 Å². The fourth-order valence-electron chi connectivity index (χ4n) is 3.78. The zero-order chi connectivity index (χ0) is 22.3. The summed E-state index contributed by atoms with van der Waals surface area (Å²) in [6, 6.07) is 12.4. The Bertz CT molecular complexity index is 1380. The number of carbonyl (C=O) groups is 2. The van der Waals surface area contributed by atoms with Gasteiger partial charge in [-0.25, -0.2) is 4.79 Å². The molecule has 1 atom stereocenters. The maximum atomic E-state index is 12.5. The van der Waals surface area contributed by atoms with Gasteiger partial charge in [-0.3, -0.25) is 9.59 Å². The van der Waals surface area contributed by atoms with Crippen molar-refractivity contribution < 1.29 is 23.5 Å². The van der Waals surface area contributed by atoms with Crippen molar-refractivity contribution in [3.63, 3.8) is 0 Å². The first-order chi connectivity index (χ1) is 14.8. The minimum Gasteiger partial charge on any atom is -0.480 e. The molecule has 0 radical (unpaired) electrons. The molecule has 2 aromatic heterocycles. The summed E-state index contributed by atoms with van der Waals surface area (Å²) in [4.78, 5) is 35.8. The second kappa shape index (κ2) is 7.75. The van der Waals surface area contributed by atoms with Crippen molar-refractivity contribution in [3.8, 4) is 11.1 Å². The number of fused-ring (bicyclic) bond motifs is 2. The normalized spacial score (nSPS) is 12.2. The molecule has 0 aliphatic rings. The smallest absolute Gasteiger partial charge is 0.340 e. The minimum absolute atomic E-state index is 0.198. The first kappa shape index (κ1) is 20.4. The van der Waals surface area contributed by atoms with Crippen LogP contribution in [0.3, 0.4) is 0 Å². The molecule has 0 spiro atoms. The highest BCUT2D eigenvalue weighted by Gasteiger charge is 2.20. The summed E-state index contributed by atoms with van der Waals surface area (Å²) in [6.45, 7) is 5.00. The number of nitrogens with one attached hydrogen (secondary N) is 1. The van der Waals surface area contributed by atoms with Crippen LogP contribution in [0.5, 0.6) is 0 Å². The summed E-state index contributed by atoms with van der Waals surface area (Å²) in [5.41, 5.74) is 3.12. The topological polar surface area (TPSA) is 110 Å². The zero-order valence-corrected chi connectivity index (χ0v) is 17.3. The molecule has 1 amide bonds. The van der Waals surface area contributed by atoms with E-state index in [9.17, 15) is 14.4 Å². The van der Waals surface area contributed by atoms with E-state index in [2.05, 4.69) is 5.32 Å². The third-order valence-electron chi connectivity index (χ3n) is 5.42. The SMILES string of the molecule is Cc1oc2cc3oc(=O)c(CC(=O)N[C@@H](C)C(=O)O)c(C)c3cc2c1-c1ccccc1. The Hall–Kier alpha value is -3.87. The highest BCUT2D eigenvalue weighted by Crippen LogP contribution is 2.37. The molecule has 0 aliphatic heterocycles. The van der Waals surface area contributed by atoms with Gasteiger partial charge < -0.3 is 19.3 Å². The molecule has 2 heterocycles. The van der Waals surface area contributed by atoms with Gasteiger partial charge in [0, 0.05) is 22.4 Å². The Morgan fingerprint density at radius 3 is 2.39 bits per heavy atom. The fraction of sp³-hybridized carbons (Fsp3) is 0.208. The third-order valence-corrected chi connectivity index (χ3v) is 5.42. The molecule has 7 nitrogen and oxygen atoms in total. The molecule has 0 unspecified atom stereocenters. The number of hydrogen-bond acceptors (Lipinski definition) is 5. The van der Waals surface area contributed by atoms with E-state index in [1.165, 1.54) is 6.92 Å². The van der Waals surface area contributed by atoms with Crippen molar-refractivity contribution in [2.75, 3.05) is 0 Å². The Kier molecular flexibility index (Phi) is 5.10. The van der Waals surface area contributed by atoms with Gasteiger partial charge in [-0.1, -0.05) is 30.3 Å². The molecule has 4 rings (SSSR count). The monoisotopic (exact) mass is 419 g/mol. The quantitative estimate of drug-likeness (QED) is 0.474. The zero-order valence-electron chi connectivity index (χ0n) is 17.3. The largest absolute Gasteiger partial charge is 0.480 e. The van der Waals surface area contributed by atoms with Gasteiger partial charge >= 0.3 is 11.6 Å². The molecule has 2 N–H and O–H groups in total. The molecule has 4 aromatic rings. The maximum absolute atomic E-state index is 12.5. The summed E-state index contributed by atoms with van der Waals surface area (Å²) in [6.07, 6.45) is -0.268. The summed E-state index contributed by atoms with van der Waals surface area (Å²) in [7, 11) is 0. The van der Waals surface area contributed by atoms with Crippen molar-refractivity contribution in [3.05, 3.63) is 69.8 Å². The molecule has 0 aliphatic carbocycles. The van der Waals surface area contributed by atoms with E-state index in [0.29, 0.717) is 22.1 Å². The molecule has 2 aromatic carbocycles. The number of carboxylic acids is 1. The van der Waals surface area contributed by atoms with Crippen LogP contribution in [0.4, 0.5) is 0 Å². The predicted molar refractivity (Wildman–Crippen MR) is 116 cm³/mol. The minimum atomic E-state index is -1.15. The van der Waals surface area contributed by atoms with Gasteiger partial charge in [-0.2, -0.15) is 0 Å². The predicted octanol–water partition coefficient (Wildman–Crippen LogP) is 3.95. The van der Waals surface area contributed by atoms with Gasteiger partial charge in [-0.05, 0) is 38.0 Å². The molecule has 7 heteroatoms. The summed E-state index contributed by atoms with van der Waals surface area (Å²) in [5, 5.41) is 12.9. The highest BCUT2D eigenvalue weighted by molar-refractivity contribution is 6.03. The lowest BCUT2D eigenvalue weighted by atomic mass is 9.98. The molecular weight excluding hydrogens is 398 g/mol. The second-order valence-electron chi connectivity index (χ2n) is 7.54. The number of hydrogen-bond donors (Lipinski definition) is 2. The molecule has 0 bridgehead atoms. The van der Waals surface area contributed by atoms with Crippen molar-refractivity contribution in [1.82, 2.24) is 5.32 Å². The number of aryl methyl sites for hydroxylation is 2. The number of furan rings is 1. The van der Waals surface area contributed by atoms with E-state index in [1.54, 1.807) is 13.0 Å². The Morgan fingerprint density at radius 1 is 1.03 bits per heavy atom. The van der Waals surface area contributed by atoms with Crippen molar-refractivity contribution in [2.45, 2.75) is 33.2 Å². The molecule has 31 heavy (non-hydrogen) atoms. The van der Waals surface area contributed by atoms with Crippen LogP contribution < -0.4 is 10.9 Å². The Morgan fingerprint density at radius 2 is 1.71 bits per heavy atom. The van der Waals surface area contributed by atoms with Crippen LogP contribution in [0, 0.1) is 13.8 Å². The van der Waals surface area contributed by atoms with Crippen molar-refractivity contribution in [1.29, 1.82) is 0 Å². The van der Waals surface area contributed by atoms with Crippen LogP contribution in [-0.4, -0.2) is 23.0 Å². The van der Waals surface area contributed by atoms with Gasteiger partial charge in [0.25, 0.3) is 0 Å². The van der Waals surface area contributed by atoms with Gasteiger partial charge in [0.05, 0.1) is 12.0 Å². The second-order valence-corrected chi connectivity index (χ2v) is 7.54. The van der Waals surface area contributed by atoms with E-state index >= 15 is 0 Å². The number of rotatable bonds is 5. The van der Waals surface area contributed by atoms with E-state index in [4.69, 9.17) is 13.9 Å². The van der Waals surface area contributed by atoms with Crippen LogP contribution in [0.15, 0.2) is 56.1 Å². The Balaban J connectivity index is 1.84. The molecular formula is C24H21NO6. The number of benzene rings is 2. The average Bonchev–Trinajstić information content (AvgIpc) is 3.05. The maximum Gasteiger partial charge on any atom is 0.340 e. The lowest BCUT2D eigenvalue weighted by Crippen LogP contribution is -2.39. The van der Waals surface area contributed by atoms with Crippen molar-refractivity contribution >= 4 is 33.8 Å². The summed E-state index contributed by atoms with van der Waals surface area (Å²) < 4.78 is 11.4. The molecule has 0 saturated carbocycles. The number of aliphatic carboxylic acids is 1. The van der Waals surface area contributed by atoms with Crippen molar-refractivity contribution in [2.24, 2.45) is 0 Å². The first-order valence-corrected chi connectivity index (χ1v) is 9.83. The third kappa shape index (κ3) is 3.70. The highest BCUT2D eigenvalue weighted by atomic mass is 16.4. The first-order valence-electron chi connectivity index (χ1n) is 9.83. The van der Waals surface area contributed by atoms with Gasteiger partial charge in [0.2, 0.25) is 5.91 Å². The summed E-state index contributed by atoms with van der Waals surface area (Å²) in [5.74, 6) is -0.963. The molecule has 158 valence electrons. The van der Waals surface area contributed by atoms with E-state index in [0.717, 1.165) is 22.3 Å². The van der Waals surface area contributed by atoms with Crippen LogP contribution in [0.1, 0.15) is 23.8 Å². The van der Waals surface area contributed by atoms with E-state index in [1.807, 2.05) is 43.3 Å². The fourth-order valence-corrected chi connectivity index (χ4v) is 3.78. The van der Waals surface area contributed by atoms with Crippen LogP contribution in [-0.2, 0) is 16.0 Å². The number of amides is 1. The standard InChI is InChI=1S/C24H21NO6/c1-12-16-9-18-20(30-14(3)22(18)15-7-5-4-6-8-15)11-19(16)31-24(29)17(12)10-21(26)25-13(2)23(27)28/h4-9,11,13H,10H2,1-3H3,(H,25,26)(H,27,28)/t13-/m0/s1. The van der Waals surface area contributed by atoms with Gasteiger partial charge in [0.1, 0.15) is 23.0 Å². The van der Waals surface area contributed by atoms with Gasteiger partial charge in [-0.15, -0.1) is 0 Å². The number of carboxylic acid groups (broad SMARTS) is 1. The lowest BCUT2D eigenvalue weighted by Gasteiger charge is -2.11. The number of carbonyl (C=O) groups excluding carboxylic acids is 1. The van der Waals surface area contributed by atoms with Crippen LogP contribution in [0.2, 0.25) is 0 Å². The van der Waals surface area contributed by atoms with Crippen LogP contribution >= 0.6 is 0 Å². The average molecular weight is 419 g/mol. The lowest BCUT2D eigenvalue weighted by molar-refractivity contribution is -0.141. The van der Waals surface area contributed by atoms with Gasteiger partial charge in [0.15, 0.2) is 0 Å². The van der Waals surface area contributed by atoms with Crippen LogP contribution in [0.25, 0.3) is 33.1 Å². The summed E-state index contributed by atoms with van der Waals surface area (Å²) >= 11 is 0. The molecule has 0 fully saturated rings.